The lowest BCUT2D eigenvalue weighted by molar-refractivity contribution is -0.0498. The summed E-state index contributed by atoms with van der Waals surface area (Å²) >= 11 is 3.25. The zero-order valence-electron chi connectivity index (χ0n) is 11.5. The Morgan fingerprint density at radius 3 is 2.61 bits per heavy atom. The maximum absolute atomic E-state index is 12.0. The summed E-state index contributed by atoms with van der Waals surface area (Å²) in [6, 6.07) is 9.94. The first-order chi connectivity index (χ1) is 11.0. The molecule has 23 heavy (non-hydrogen) atoms. The van der Waals surface area contributed by atoms with Gasteiger partial charge in [-0.2, -0.15) is 13.9 Å². The van der Waals surface area contributed by atoms with Crippen LogP contribution in [0.25, 0.3) is 0 Å². The van der Waals surface area contributed by atoms with Crippen molar-refractivity contribution in [3.63, 3.8) is 0 Å². The maximum Gasteiger partial charge on any atom is 0.387 e. The molecule has 2 N–H and O–H groups in total. The summed E-state index contributed by atoms with van der Waals surface area (Å²) in [6.45, 7) is -2.92. The first kappa shape index (κ1) is 16.9. The number of rotatable bonds is 5. The minimum atomic E-state index is -2.92. The molecule has 2 rings (SSSR count). The van der Waals surface area contributed by atoms with Gasteiger partial charge in [-0.15, -0.1) is 0 Å². The van der Waals surface area contributed by atoms with Crippen molar-refractivity contribution in [2.24, 2.45) is 5.10 Å². The molecule has 0 spiro atoms. The second-order valence-electron chi connectivity index (χ2n) is 4.31. The fraction of sp³-hybridized carbons (Fsp3) is 0.0667. The number of ether oxygens (including phenoxy) is 1. The standard InChI is InChI=1S/C15H11BrF2N2O3/c16-11-3-6-13(21)10(7-11)8-19-20-14(22)9-1-4-12(5-2-9)23-15(17)18/h1-8,15,21H,(H,20,22)/b19-8-. The summed E-state index contributed by atoms with van der Waals surface area (Å²) in [7, 11) is 0. The molecule has 0 aliphatic heterocycles. The third kappa shape index (κ3) is 5.03. The zero-order chi connectivity index (χ0) is 16.8. The minimum absolute atomic E-state index is 0.0136. The second-order valence-corrected chi connectivity index (χ2v) is 5.22. The van der Waals surface area contributed by atoms with Gasteiger partial charge in [0.1, 0.15) is 11.5 Å². The lowest BCUT2D eigenvalue weighted by atomic mass is 10.2. The van der Waals surface area contributed by atoms with Crippen molar-refractivity contribution in [3.8, 4) is 11.5 Å². The first-order valence-corrected chi connectivity index (χ1v) is 7.12. The van der Waals surface area contributed by atoms with Crippen molar-refractivity contribution in [1.82, 2.24) is 5.43 Å². The summed E-state index contributed by atoms with van der Waals surface area (Å²) in [6.07, 6.45) is 1.28. The van der Waals surface area contributed by atoms with Gasteiger partial charge >= 0.3 is 6.61 Å². The van der Waals surface area contributed by atoms with Crippen molar-refractivity contribution >= 4 is 28.1 Å². The number of carbonyl (C=O) groups excluding carboxylic acids is 1. The van der Waals surface area contributed by atoms with Crippen LogP contribution in [0.5, 0.6) is 11.5 Å². The zero-order valence-corrected chi connectivity index (χ0v) is 13.1. The van der Waals surface area contributed by atoms with Gasteiger partial charge in [0.15, 0.2) is 0 Å². The topological polar surface area (TPSA) is 70.9 Å². The summed E-state index contributed by atoms with van der Waals surface area (Å²) in [5.74, 6) is -0.557. The van der Waals surface area contributed by atoms with Crippen molar-refractivity contribution < 1.29 is 23.4 Å². The smallest absolute Gasteiger partial charge is 0.387 e. The number of carbonyl (C=O) groups is 1. The number of phenolic OH excluding ortho intramolecular Hbond substituents is 1. The van der Waals surface area contributed by atoms with Crippen LogP contribution in [0.15, 0.2) is 52.0 Å². The third-order valence-electron chi connectivity index (χ3n) is 2.70. The van der Waals surface area contributed by atoms with Crippen LogP contribution in [0.4, 0.5) is 8.78 Å². The molecule has 0 saturated heterocycles. The molecule has 2 aromatic rings. The molecule has 0 bridgehead atoms. The number of alkyl halides is 2. The van der Waals surface area contributed by atoms with Crippen LogP contribution in [0.2, 0.25) is 0 Å². The highest BCUT2D eigenvalue weighted by Gasteiger charge is 2.07. The summed E-state index contributed by atoms with van der Waals surface area (Å²) in [4.78, 5) is 11.8. The fourth-order valence-electron chi connectivity index (χ4n) is 1.64. The number of nitrogens with one attached hydrogen (secondary N) is 1. The SMILES string of the molecule is O=C(N/N=C\c1cc(Br)ccc1O)c1ccc(OC(F)F)cc1. The molecule has 0 atom stereocenters. The average Bonchev–Trinajstić information content (AvgIpc) is 2.50. The number of hydrogen-bond acceptors (Lipinski definition) is 4. The van der Waals surface area contributed by atoms with Crippen molar-refractivity contribution in [2.45, 2.75) is 6.61 Å². The first-order valence-electron chi connectivity index (χ1n) is 6.32. The van der Waals surface area contributed by atoms with Gasteiger partial charge in [0, 0.05) is 15.6 Å². The van der Waals surface area contributed by atoms with E-state index in [1.54, 1.807) is 12.1 Å². The van der Waals surface area contributed by atoms with Crippen LogP contribution in [0, 0.1) is 0 Å². The van der Waals surface area contributed by atoms with E-state index in [1.807, 2.05) is 0 Å². The number of hydrogen-bond donors (Lipinski definition) is 2. The van der Waals surface area contributed by atoms with Gasteiger partial charge < -0.3 is 9.84 Å². The molecular formula is C15H11BrF2N2O3. The van der Waals surface area contributed by atoms with Gasteiger partial charge in [-0.1, -0.05) is 15.9 Å². The fourth-order valence-corrected chi connectivity index (χ4v) is 2.02. The van der Waals surface area contributed by atoms with E-state index in [0.717, 1.165) is 4.47 Å². The van der Waals surface area contributed by atoms with E-state index < -0.39 is 12.5 Å². The molecule has 0 radical (unpaired) electrons. The molecule has 5 nitrogen and oxygen atoms in total. The second kappa shape index (κ2) is 7.68. The largest absolute Gasteiger partial charge is 0.507 e. The van der Waals surface area contributed by atoms with Crippen LogP contribution in [-0.2, 0) is 0 Å². The highest BCUT2D eigenvalue weighted by atomic mass is 79.9. The number of aromatic hydroxyl groups is 1. The average molecular weight is 385 g/mol. The van der Waals surface area contributed by atoms with Crippen LogP contribution in [0.1, 0.15) is 15.9 Å². The van der Waals surface area contributed by atoms with Gasteiger partial charge in [-0.25, -0.2) is 5.43 Å². The Morgan fingerprint density at radius 2 is 1.96 bits per heavy atom. The maximum atomic E-state index is 12.0. The summed E-state index contributed by atoms with van der Waals surface area (Å²) in [5.41, 5.74) is 2.91. The van der Waals surface area contributed by atoms with Crippen LogP contribution in [-0.4, -0.2) is 23.8 Å². The van der Waals surface area contributed by atoms with Gasteiger partial charge in [-0.3, -0.25) is 4.79 Å². The lowest BCUT2D eigenvalue weighted by Crippen LogP contribution is -2.17. The van der Waals surface area contributed by atoms with E-state index in [-0.39, 0.29) is 17.1 Å². The highest BCUT2D eigenvalue weighted by molar-refractivity contribution is 9.10. The van der Waals surface area contributed by atoms with Crippen molar-refractivity contribution in [2.75, 3.05) is 0 Å². The molecule has 0 aliphatic carbocycles. The predicted molar refractivity (Wildman–Crippen MR) is 83.9 cm³/mol. The number of benzene rings is 2. The molecule has 120 valence electrons. The molecule has 0 fully saturated rings. The molecule has 0 heterocycles. The van der Waals surface area contributed by atoms with Crippen molar-refractivity contribution in [1.29, 1.82) is 0 Å². The Balaban J connectivity index is 1.99. The van der Waals surface area contributed by atoms with E-state index >= 15 is 0 Å². The highest BCUT2D eigenvalue weighted by Crippen LogP contribution is 2.20. The van der Waals surface area contributed by atoms with Crippen LogP contribution < -0.4 is 10.2 Å². The third-order valence-corrected chi connectivity index (χ3v) is 3.19. The van der Waals surface area contributed by atoms with Gasteiger partial charge in [-0.05, 0) is 42.5 Å². The van der Waals surface area contributed by atoms with Crippen LogP contribution in [0.3, 0.4) is 0 Å². The molecule has 8 heteroatoms. The Morgan fingerprint density at radius 1 is 1.26 bits per heavy atom. The molecule has 0 unspecified atom stereocenters. The van der Waals surface area contributed by atoms with Gasteiger partial charge in [0.2, 0.25) is 0 Å². The number of hydrazone groups is 1. The van der Waals surface area contributed by atoms with E-state index in [0.29, 0.717) is 5.56 Å². The molecular weight excluding hydrogens is 374 g/mol. The Labute approximate surface area is 138 Å². The van der Waals surface area contributed by atoms with E-state index in [4.69, 9.17) is 0 Å². The van der Waals surface area contributed by atoms with E-state index in [2.05, 4.69) is 31.2 Å². The number of nitrogens with zero attached hydrogens (tertiary/aromatic N) is 1. The molecule has 1 amide bonds. The van der Waals surface area contributed by atoms with Crippen molar-refractivity contribution in [3.05, 3.63) is 58.1 Å². The van der Waals surface area contributed by atoms with E-state index in [1.165, 1.54) is 36.5 Å². The quantitative estimate of drug-likeness (QED) is 0.611. The number of amides is 1. The Kier molecular flexibility index (Phi) is 5.64. The summed E-state index contributed by atoms with van der Waals surface area (Å²) in [5, 5.41) is 13.4. The number of halogens is 3. The Bertz CT molecular complexity index is 721. The van der Waals surface area contributed by atoms with Gasteiger partial charge in [0.25, 0.3) is 5.91 Å². The van der Waals surface area contributed by atoms with Crippen LogP contribution >= 0.6 is 15.9 Å². The molecule has 2 aromatic carbocycles. The lowest BCUT2D eigenvalue weighted by Gasteiger charge is -2.05. The normalized spacial score (nSPS) is 11.0. The monoisotopic (exact) mass is 384 g/mol. The van der Waals surface area contributed by atoms with E-state index in [9.17, 15) is 18.7 Å². The minimum Gasteiger partial charge on any atom is -0.507 e. The summed E-state index contributed by atoms with van der Waals surface area (Å²) < 4.78 is 29.0. The molecule has 0 saturated carbocycles. The number of phenols is 1. The predicted octanol–water partition coefficient (Wildman–Crippen LogP) is 3.52. The molecule has 0 aromatic heterocycles. The Hall–Kier alpha value is -2.48. The molecule has 0 aliphatic rings. The van der Waals surface area contributed by atoms with Gasteiger partial charge in [0.05, 0.1) is 6.21 Å².